The van der Waals surface area contributed by atoms with Crippen LogP contribution in [0.15, 0.2) is 30.6 Å². The Morgan fingerprint density at radius 3 is 2.76 bits per heavy atom. The summed E-state index contributed by atoms with van der Waals surface area (Å²) in [5.41, 5.74) is 0.988. The van der Waals surface area contributed by atoms with E-state index in [0.717, 1.165) is 0 Å². The van der Waals surface area contributed by atoms with E-state index in [1.807, 2.05) is 12.1 Å². The SMILES string of the molecule is N#Cc1cnn(Cc2cccc(F)c2C#N)c1. The molecule has 0 aliphatic carbocycles. The molecule has 5 heteroatoms. The minimum Gasteiger partial charge on any atom is -0.267 e. The smallest absolute Gasteiger partial charge is 0.141 e. The van der Waals surface area contributed by atoms with Crippen molar-refractivity contribution in [2.75, 3.05) is 0 Å². The Kier molecular flexibility index (Phi) is 2.85. The van der Waals surface area contributed by atoms with Gasteiger partial charge in [-0.25, -0.2) is 4.39 Å². The summed E-state index contributed by atoms with van der Waals surface area (Å²) in [5.74, 6) is -0.544. The van der Waals surface area contributed by atoms with Gasteiger partial charge in [0.15, 0.2) is 0 Å². The van der Waals surface area contributed by atoms with E-state index in [0.29, 0.717) is 11.1 Å². The van der Waals surface area contributed by atoms with Crippen LogP contribution in [0.25, 0.3) is 0 Å². The van der Waals surface area contributed by atoms with Crippen molar-refractivity contribution in [1.29, 1.82) is 10.5 Å². The Morgan fingerprint density at radius 2 is 2.12 bits per heavy atom. The number of rotatable bonds is 2. The van der Waals surface area contributed by atoms with Crippen molar-refractivity contribution in [2.45, 2.75) is 6.54 Å². The molecule has 82 valence electrons. The second kappa shape index (κ2) is 4.46. The molecule has 17 heavy (non-hydrogen) atoms. The minimum atomic E-state index is -0.544. The van der Waals surface area contributed by atoms with Gasteiger partial charge in [0.25, 0.3) is 0 Å². The minimum absolute atomic E-state index is 0.0153. The second-order valence-corrected chi connectivity index (χ2v) is 3.42. The van der Waals surface area contributed by atoms with E-state index in [4.69, 9.17) is 10.5 Å². The number of nitriles is 2. The van der Waals surface area contributed by atoms with Crippen LogP contribution >= 0.6 is 0 Å². The van der Waals surface area contributed by atoms with Crippen LogP contribution in [-0.2, 0) is 6.54 Å². The van der Waals surface area contributed by atoms with Crippen molar-refractivity contribution in [2.24, 2.45) is 0 Å². The van der Waals surface area contributed by atoms with Crippen molar-refractivity contribution in [3.63, 3.8) is 0 Å². The Bertz CT molecular complexity index is 631. The van der Waals surface area contributed by atoms with Gasteiger partial charge in [0.05, 0.1) is 23.9 Å². The molecule has 1 heterocycles. The molecule has 0 saturated carbocycles. The number of hydrogen-bond donors (Lipinski definition) is 0. The molecule has 0 spiro atoms. The lowest BCUT2D eigenvalue weighted by Crippen LogP contribution is -2.03. The first-order valence-corrected chi connectivity index (χ1v) is 4.84. The average Bonchev–Trinajstić information content (AvgIpc) is 2.77. The lowest BCUT2D eigenvalue weighted by atomic mass is 10.1. The highest BCUT2D eigenvalue weighted by Crippen LogP contribution is 2.13. The molecule has 1 aromatic heterocycles. The summed E-state index contributed by atoms with van der Waals surface area (Å²) < 4.78 is 14.8. The lowest BCUT2D eigenvalue weighted by Gasteiger charge is -2.04. The Morgan fingerprint density at radius 1 is 1.29 bits per heavy atom. The fourth-order valence-corrected chi connectivity index (χ4v) is 1.51. The fraction of sp³-hybridized carbons (Fsp3) is 0.0833. The summed E-state index contributed by atoms with van der Waals surface area (Å²) in [4.78, 5) is 0. The predicted molar refractivity (Wildman–Crippen MR) is 57.2 cm³/mol. The van der Waals surface area contributed by atoms with E-state index in [1.165, 1.54) is 16.9 Å². The number of halogens is 1. The fourth-order valence-electron chi connectivity index (χ4n) is 1.51. The van der Waals surface area contributed by atoms with Gasteiger partial charge in [0.2, 0.25) is 0 Å². The second-order valence-electron chi connectivity index (χ2n) is 3.42. The number of benzene rings is 1. The summed E-state index contributed by atoms with van der Waals surface area (Å²) in [5, 5.41) is 21.5. The molecule has 4 nitrogen and oxygen atoms in total. The van der Waals surface area contributed by atoms with E-state index < -0.39 is 5.82 Å². The molecule has 2 aromatic rings. The Labute approximate surface area is 97.1 Å². The molecule has 0 saturated heterocycles. The molecule has 0 radical (unpaired) electrons. The molecule has 0 N–H and O–H groups in total. The summed E-state index contributed by atoms with van der Waals surface area (Å²) in [6.07, 6.45) is 2.97. The molecule has 0 aliphatic rings. The summed E-state index contributed by atoms with van der Waals surface area (Å²) in [6, 6.07) is 8.22. The van der Waals surface area contributed by atoms with Gasteiger partial charge in [-0.3, -0.25) is 4.68 Å². The number of nitrogens with zero attached hydrogens (tertiary/aromatic N) is 4. The third kappa shape index (κ3) is 2.14. The van der Waals surface area contributed by atoms with Crippen LogP contribution in [-0.4, -0.2) is 9.78 Å². The van der Waals surface area contributed by atoms with Crippen molar-refractivity contribution in [1.82, 2.24) is 9.78 Å². The Hall–Kier alpha value is -2.66. The van der Waals surface area contributed by atoms with Crippen LogP contribution in [0.3, 0.4) is 0 Å². The maximum Gasteiger partial charge on any atom is 0.141 e. The molecule has 0 amide bonds. The molecular weight excluding hydrogens is 219 g/mol. The quantitative estimate of drug-likeness (QED) is 0.784. The summed E-state index contributed by atoms with van der Waals surface area (Å²) in [7, 11) is 0. The zero-order valence-corrected chi connectivity index (χ0v) is 8.76. The van der Waals surface area contributed by atoms with Crippen LogP contribution in [0.1, 0.15) is 16.7 Å². The number of hydrogen-bond acceptors (Lipinski definition) is 3. The van der Waals surface area contributed by atoms with Gasteiger partial charge in [-0.05, 0) is 11.6 Å². The van der Waals surface area contributed by atoms with E-state index >= 15 is 0 Å². The largest absolute Gasteiger partial charge is 0.267 e. The molecule has 2 rings (SSSR count). The van der Waals surface area contributed by atoms with E-state index in [9.17, 15) is 4.39 Å². The summed E-state index contributed by atoms with van der Waals surface area (Å²) in [6.45, 7) is 0.266. The normalized spacial score (nSPS) is 9.59. The molecule has 0 fully saturated rings. The molecule has 0 aliphatic heterocycles. The van der Waals surface area contributed by atoms with Crippen molar-refractivity contribution in [3.8, 4) is 12.1 Å². The highest BCUT2D eigenvalue weighted by Gasteiger charge is 2.08. The van der Waals surface area contributed by atoms with Crippen molar-refractivity contribution >= 4 is 0 Å². The first kappa shape index (κ1) is 10.8. The van der Waals surface area contributed by atoms with Gasteiger partial charge < -0.3 is 0 Å². The molecular formula is C12H7FN4. The maximum absolute atomic E-state index is 13.3. The topological polar surface area (TPSA) is 65.4 Å². The van der Waals surface area contributed by atoms with Crippen molar-refractivity contribution < 1.29 is 4.39 Å². The Balaban J connectivity index is 2.34. The van der Waals surface area contributed by atoms with Crippen LogP contribution in [0.5, 0.6) is 0 Å². The van der Waals surface area contributed by atoms with Crippen molar-refractivity contribution in [3.05, 3.63) is 53.1 Å². The van der Waals surface area contributed by atoms with Crippen LogP contribution < -0.4 is 0 Å². The van der Waals surface area contributed by atoms with E-state index in [-0.39, 0.29) is 12.1 Å². The molecule has 0 unspecified atom stereocenters. The zero-order valence-electron chi connectivity index (χ0n) is 8.76. The van der Waals surface area contributed by atoms with Gasteiger partial charge in [-0.2, -0.15) is 15.6 Å². The molecule has 0 atom stereocenters. The standard InChI is InChI=1S/C12H7FN4/c13-12-3-1-2-10(11(12)5-15)8-17-7-9(4-14)6-16-17/h1-3,6-7H,8H2. The lowest BCUT2D eigenvalue weighted by molar-refractivity contribution is 0.614. The predicted octanol–water partition coefficient (Wildman–Crippen LogP) is 1.81. The first-order chi connectivity index (χ1) is 8.24. The third-order valence-corrected chi connectivity index (χ3v) is 2.31. The van der Waals surface area contributed by atoms with Crippen LogP contribution in [0.2, 0.25) is 0 Å². The summed E-state index contributed by atoms with van der Waals surface area (Å²) >= 11 is 0. The van der Waals surface area contributed by atoms with Gasteiger partial charge in [-0.1, -0.05) is 12.1 Å². The van der Waals surface area contributed by atoms with Gasteiger partial charge in [0, 0.05) is 6.20 Å². The van der Waals surface area contributed by atoms with Gasteiger partial charge in [0.1, 0.15) is 18.0 Å². The highest BCUT2D eigenvalue weighted by molar-refractivity contribution is 5.39. The van der Waals surface area contributed by atoms with Crippen LogP contribution in [0.4, 0.5) is 4.39 Å². The molecule has 0 bridgehead atoms. The highest BCUT2D eigenvalue weighted by atomic mass is 19.1. The van der Waals surface area contributed by atoms with Gasteiger partial charge >= 0.3 is 0 Å². The maximum atomic E-state index is 13.3. The zero-order chi connectivity index (χ0) is 12.3. The number of aromatic nitrogens is 2. The average molecular weight is 226 g/mol. The first-order valence-electron chi connectivity index (χ1n) is 4.84. The molecule has 1 aromatic carbocycles. The van der Waals surface area contributed by atoms with E-state index in [1.54, 1.807) is 18.3 Å². The third-order valence-electron chi connectivity index (χ3n) is 2.31. The van der Waals surface area contributed by atoms with Crippen LogP contribution in [0, 0.1) is 28.5 Å². The van der Waals surface area contributed by atoms with Gasteiger partial charge in [-0.15, -0.1) is 0 Å². The van der Waals surface area contributed by atoms with E-state index in [2.05, 4.69) is 5.10 Å². The monoisotopic (exact) mass is 226 g/mol.